The minimum Gasteiger partial charge on any atom is -0.508 e. The Kier molecular flexibility index (Phi) is 5.19. The molecule has 0 amide bonds. The molecular weight excluding hydrogens is 371 g/mol. The predicted molar refractivity (Wildman–Crippen MR) is 103 cm³/mol. The van der Waals surface area contributed by atoms with Crippen LogP contribution in [0.5, 0.6) is 11.5 Å². The van der Waals surface area contributed by atoms with Gasteiger partial charge in [0.2, 0.25) is 0 Å². The van der Waals surface area contributed by atoms with Crippen molar-refractivity contribution in [3.8, 4) is 33.8 Å². The van der Waals surface area contributed by atoms with Crippen molar-refractivity contribution < 1.29 is 19.4 Å². The van der Waals surface area contributed by atoms with Crippen LogP contribution in [0.2, 0.25) is 5.02 Å². The molecule has 0 aromatic heterocycles. The second-order valence-electron chi connectivity index (χ2n) is 5.75. The quantitative estimate of drug-likeness (QED) is 0.264. The summed E-state index contributed by atoms with van der Waals surface area (Å²) in [5.74, 6) is -0.261. The third kappa shape index (κ3) is 3.66. The van der Waals surface area contributed by atoms with Gasteiger partial charge in [0.05, 0.1) is 7.11 Å². The molecule has 27 heavy (non-hydrogen) atoms. The van der Waals surface area contributed by atoms with Gasteiger partial charge < -0.3 is 20.8 Å². The molecule has 0 fully saturated rings. The Morgan fingerprint density at radius 2 is 1.78 bits per heavy atom. The Labute approximate surface area is 160 Å². The lowest BCUT2D eigenvalue weighted by atomic mass is 9.89. The molecule has 0 atom stereocenters. The highest BCUT2D eigenvalue weighted by Crippen LogP contribution is 2.41. The summed E-state index contributed by atoms with van der Waals surface area (Å²) in [4.78, 5) is 0. The molecule has 3 aromatic rings. The maximum Gasteiger partial charge on any atom is 0.170 e. The first-order valence-corrected chi connectivity index (χ1v) is 8.27. The summed E-state index contributed by atoms with van der Waals surface area (Å²) in [6, 6.07) is 13.8. The van der Waals surface area contributed by atoms with E-state index in [4.69, 9.17) is 22.1 Å². The molecule has 0 aliphatic heterocycles. The predicted octanol–water partition coefficient (Wildman–Crippen LogP) is 4.62. The van der Waals surface area contributed by atoms with E-state index < -0.39 is 5.82 Å². The van der Waals surface area contributed by atoms with Gasteiger partial charge in [0.1, 0.15) is 17.3 Å². The fourth-order valence-corrected chi connectivity index (χ4v) is 3.07. The molecular formula is C20H16ClFN2O3. The van der Waals surface area contributed by atoms with Crippen LogP contribution in [0.3, 0.4) is 0 Å². The van der Waals surface area contributed by atoms with Crippen LogP contribution in [0.15, 0.2) is 59.8 Å². The van der Waals surface area contributed by atoms with Crippen molar-refractivity contribution in [1.29, 1.82) is 0 Å². The van der Waals surface area contributed by atoms with E-state index in [1.807, 2.05) is 0 Å². The molecule has 0 saturated heterocycles. The van der Waals surface area contributed by atoms with E-state index in [9.17, 15) is 14.7 Å². The molecule has 4 N–H and O–H groups in total. The van der Waals surface area contributed by atoms with Crippen LogP contribution >= 0.6 is 11.6 Å². The third-order valence-corrected chi connectivity index (χ3v) is 4.33. The Bertz CT molecular complexity index is 1020. The fraction of sp³-hybridized carbons (Fsp3) is 0.0500. The number of phenols is 1. The number of benzene rings is 3. The molecule has 3 rings (SSSR count). The number of hydrogen-bond acceptors (Lipinski definition) is 4. The van der Waals surface area contributed by atoms with Gasteiger partial charge in [0.25, 0.3) is 0 Å². The molecule has 5 nitrogen and oxygen atoms in total. The lowest BCUT2D eigenvalue weighted by molar-refractivity contribution is 0.318. The summed E-state index contributed by atoms with van der Waals surface area (Å²) in [7, 11) is 1.50. The number of phenolic OH excluding ortho intramolecular Hbond substituents is 1. The third-order valence-electron chi connectivity index (χ3n) is 4.10. The van der Waals surface area contributed by atoms with Crippen LogP contribution in [0.4, 0.5) is 4.39 Å². The van der Waals surface area contributed by atoms with Gasteiger partial charge in [0.15, 0.2) is 5.84 Å². The molecule has 0 bridgehead atoms. The van der Waals surface area contributed by atoms with Crippen LogP contribution in [0.25, 0.3) is 22.3 Å². The van der Waals surface area contributed by atoms with Crippen molar-refractivity contribution in [1.82, 2.24) is 0 Å². The average Bonchev–Trinajstić information content (AvgIpc) is 2.67. The Hall–Kier alpha value is -3.25. The smallest absolute Gasteiger partial charge is 0.170 e. The maximum atomic E-state index is 14.3. The number of nitrogens with two attached hydrogens (primary N) is 1. The molecule has 0 aliphatic rings. The van der Waals surface area contributed by atoms with Crippen LogP contribution in [0, 0.1) is 5.82 Å². The molecule has 0 heterocycles. The van der Waals surface area contributed by atoms with Gasteiger partial charge in [-0.3, -0.25) is 0 Å². The number of nitrogens with zero attached hydrogens (tertiary/aromatic N) is 1. The number of rotatable bonds is 4. The van der Waals surface area contributed by atoms with E-state index in [1.54, 1.807) is 30.3 Å². The SMILES string of the molecule is COc1ccc(Cl)cc1-c1c(C(N)=NO)cc(F)cc1-c1ccc(O)cc1. The first-order chi connectivity index (χ1) is 12.9. The molecule has 0 aliphatic carbocycles. The first kappa shape index (κ1) is 18.5. The van der Waals surface area contributed by atoms with Gasteiger partial charge in [0, 0.05) is 21.7 Å². The summed E-state index contributed by atoms with van der Waals surface area (Å²) in [6.07, 6.45) is 0. The van der Waals surface area contributed by atoms with Crippen LogP contribution in [-0.4, -0.2) is 23.3 Å². The highest BCUT2D eigenvalue weighted by molar-refractivity contribution is 6.31. The lowest BCUT2D eigenvalue weighted by Crippen LogP contribution is -2.15. The minimum atomic E-state index is -0.565. The van der Waals surface area contributed by atoms with E-state index in [1.165, 1.54) is 31.4 Å². The van der Waals surface area contributed by atoms with Crippen molar-refractivity contribution in [2.45, 2.75) is 0 Å². The zero-order valence-electron chi connectivity index (χ0n) is 14.3. The molecule has 0 radical (unpaired) electrons. The van der Waals surface area contributed by atoms with Gasteiger partial charge in [-0.15, -0.1) is 0 Å². The number of oxime groups is 1. The number of halogens is 2. The van der Waals surface area contributed by atoms with Crippen LogP contribution in [-0.2, 0) is 0 Å². The van der Waals surface area contributed by atoms with Crippen molar-refractivity contribution >= 4 is 17.4 Å². The topological polar surface area (TPSA) is 88.1 Å². The summed E-state index contributed by atoms with van der Waals surface area (Å²) in [5.41, 5.74) is 8.13. The van der Waals surface area contributed by atoms with Gasteiger partial charge in [-0.25, -0.2) is 4.39 Å². The van der Waals surface area contributed by atoms with Gasteiger partial charge >= 0.3 is 0 Å². The molecule has 138 valence electrons. The Balaban J connectivity index is 2.43. The number of ether oxygens (including phenoxy) is 1. The van der Waals surface area contributed by atoms with Gasteiger partial charge in [-0.2, -0.15) is 0 Å². The second kappa shape index (κ2) is 7.55. The summed E-state index contributed by atoms with van der Waals surface area (Å²) in [6.45, 7) is 0. The molecule has 0 saturated carbocycles. The molecule has 3 aromatic carbocycles. The zero-order valence-corrected chi connectivity index (χ0v) is 15.0. The summed E-state index contributed by atoms with van der Waals surface area (Å²) < 4.78 is 19.8. The second-order valence-corrected chi connectivity index (χ2v) is 6.19. The largest absolute Gasteiger partial charge is 0.508 e. The monoisotopic (exact) mass is 386 g/mol. The first-order valence-electron chi connectivity index (χ1n) is 7.89. The average molecular weight is 387 g/mol. The van der Waals surface area contributed by atoms with E-state index in [0.29, 0.717) is 33.0 Å². The molecule has 7 heteroatoms. The summed E-state index contributed by atoms with van der Waals surface area (Å²) >= 11 is 6.17. The molecule has 0 unspecified atom stereocenters. The number of hydrogen-bond donors (Lipinski definition) is 3. The summed E-state index contributed by atoms with van der Waals surface area (Å²) in [5, 5.41) is 22.2. The highest BCUT2D eigenvalue weighted by Gasteiger charge is 2.20. The lowest BCUT2D eigenvalue weighted by Gasteiger charge is -2.18. The van der Waals surface area contributed by atoms with E-state index in [-0.39, 0.29) is 17.1 Å². The Morgan fingerprint density at radius 3 is 2.41 bits per heavy atom. The highest BCUT2D eigenvalue weighted by atomic mass is 35.5. The normalized spacial score (nSPS) is 11.4. The van der Waals surface area contributed by atoms with Crippen LogP contribution in [0.1, 0.15) is 5.56 Å². The number of aromatic hydroxyl groups is 1. The van der Waals surface area contributed by atoms with E-state index in [0.717, 1.165) is 0 Å². The maximum absolute atomic E-state index is 14.3. The zero-order chi connectivity index (χ0) is 19.6. The Morgan fingerprint density at radius 1 is 1.07 bits per heavy atom. The number of methoxy groups -OCH3 is 1. The standard InChI is InChI=1S/C20H16ClFN2O3/c1-27-18-7-4-12(21)8-16(18)19-15(11-2-5-14(25)6-3-11)9-13(22)10-17(19)20(23)24-26/h2-10,25-26H,1H3,(H2,23,24). The van der Waals surface area contributed by atoms with Crippen molar-refractivity contribution in [3.63, 3.8) is 0 Å². The number of amidine groups is 1. The molecule has 0 spiro atoms. The minimum absolute atomic E-state index is 0.0775. The van der Waals surface area contributed by atoms with Gasteiger partial charge in [-0.1, -0.05) is 28.9 Å². The van der Waals surface area contributed by atoms with Crippen LogP contribution < -0.4 is 10.5 Å². The van der Waals surface area contributed by atoms with Crippen molar-refractivity contribution in [3.05, 3.63) is 71.0 Å². The van der Waals surface area contributed by atoms with Gasteiger partial charge in [-0.05, 0) is 53.6 Å². The van der Waals surface area contributed by atoms with E-state index in [2.05, 4.69) is 5.16 Å². The van der Waals surface area contributed by atoms with Crippen molar-refractivity contribution in [2.24, 2.45) is 10.9 Å². The van der Waals surface area contributed by atoms with Crippen molar-refractivity contribution in [2.75, 3.05) is 7.11 Å². The van der Waals surface area contributed by atoms with E-state index >= 15 is 0 Å². The fourth-order valence-electron chi connectivity index (χ4n) is 2.90.